The van der Waals surface area contributed by atoms with Crippen LogP contribution in [-0.2, 0) is 4.74 Å². The molecule has 2 nitrogen and oxygen atoms in total. The minimum atomic E-state index is -0.339. The van der Waals surface area contributed by atoms with E-state index in [4.69, 9.17) is 4.74 Å². The number of esters is 1. The lowest BCUT2D eigenvalue weighted by Gasteiger charge is -2.10. The highest BCUT2D eigenvalue weighted by Gasteiger charge is 2.06. The van der Waals surface area contributed by atoms with Gasteiger partial charge >= 0.3 is 5.97 Å². The first kappa shape index (κ1) is 31.0. The van der Waals surface area contributed by atoms with E-state index in [1.165, 1.54) is 23.8 Å². The average molecular weight is 587 g/mol. The molecule has 45 heavy (non-hydrogen) atoms. The zero-order valence-electron chi connectivity index (χ0n) is 26.3. The summed E-state index contributed by atoms with van der Waals surface area (Å²) >= 11 is 0. The second-order valence-electron chi connectivity index (χ2n) is 11.3. The van der Waals surface area contributed by atoms with Gasteiger partial charge < -0.3 is 4.74 Å². The Kier molecular flexibility index (Phi) is 10.2. The summed E-state index contributed by atoms with van der Waals surface area (Å²) in [5.41, 5.74) is 13.1. The Morgan fingerprint density at radius 1 is 0.422 bits per heavy atom. The number of ether oxygens (including phenoxy) is 1. The molecule has 5 aromatic rings. The summed E-state index contributed by atoms with van der Waals surface area (Å²) in [7, 11) is 1.40. The third-order valence-electron chi connectivity index (χ3n) is 7.67. The van der Waals surface area contributed by atoms with Gasteiger partial charge in [0.25, 0.3) is 0 Å². The molecule has 0 N–H and O–H groups in total. The van der Waals surface area contributed by atoms with Gasteiger partial charge in [0.05, 0.1) is 12.7 Å². The second kappa shape index (κ2) is 14.8. The summed E-state index contributed by atoms with van der Waals surface area (Å²) in [5, 5.41) is 0. The predicted molar refractivity (Wildman–Crippen MR) is 193 cm³/mol. The van der Waals surface area contributed by atoms with Gasteiger partial charge in [-0.3, -0.25) is 0 Å². The smallest absolute Gasteiger partial charge is 0.337 e. The van der Waals surface area contributed by atoms with E-state index in [9.17, 15) is 4.79 Å². The van der Waals surface area contributed by atoms with Crippen LogP contribution in [0.3, 0.4) is 0 Å². The number of benzene rings is 5. The lowest BCUT2D eigenvalue weighted by molar-refractivity contribution is 0.0600. The van der Waals surface area contributed by atoms with Crippen molar-refractivity contribution in [2.45, 2.75) is 20.8 Å². The molecule has 0 spiro atoms. The number of aryl methyl sites for hydroxylation is 3. The standard InChI is InChI=1S/C43H38O2/c1-31-5-11-34(12-6-31)19-25-39-29-41(27-21-36-15-9-33(3)10-16-36)42(28-22-37-17-23-38(24-18-37)43(44)45-4)30-40(39)26-20-35-13-7-32(2)8-14-35/h5-30H,1-4H3/b25-19+,26-20+,27-21+,28-22+. The fourth-order valence-electron chi connectivity index (χ4n) is 4.87. The Labute approximate surface area is 267 Å². The van der Waals surface area contributed by atoms with Gasteiger partial charge in [-0.2, -0.15) is 0 Å². The van der Waals surface area contributed by atoms with Crippen LogP contribution in [0, 0.1) is 20.8 Å². The lowest BCUT2D eigenvalue weighted by atomic mass is 9.95. The van der Waals surface area contributed by atoms with Crippen LogP contribution >= 0.6 is 0 Å². The van der Waals surface area contributed by atoms with Crippen molar-refractivity contribution in [3.63, 3.8) is 0 Å². The number of hydrogen-bond acceptors (Lipinski definition) is 2. The molecule has 0 saturated carbocycles. The van der Waals surface area contributed by atoms with Crippen molar-refractivity contribution >= 4 is 54.6 Å². The first-order chi connectivity index (χ1) is 21.9. The van der Waals surface area contributed by atoms with Gasteiger partial charge in [-0.05, 0) is 89.5 Å². The number of carbonyl (C=O) groups is 1. The molecular formula is C43H38O2. The molecule has 222 valence electrons. The zero-order valence-corrected chi connectivity index (χ0v) is 26.3. The van der Waals surface area contributed by atoms with Crippen molar-refractivity contribution in [2.24, 2.45) is 0 Å². The van der Waals surface area contributed by atoms with E-state index in [0.29, 0.717) is 5.56 Å². The summed E-state index contributed by atoms with van der Waals surface area (Å²) in [6.45, 7) is 6.31. The monoisotopic (exact) mass is 586 g/mol. The maximum absolute atomic E-state index is 11.9. The van der Waals surface area contributed by atoms with Gasteiger partial charge in [-0.1, -0.05) is 150 Å². The first-order valence-corrected chi connectivity index (χ1v) is 15.1. The molecule has 0 aliphatic carbocycles. The largest absolute Gasteiger partial charge is 0.465 e. The van der Waals surface area contributed by atoms with Crippen LogP contribution in [0.15, 0.2) is 109 Å². The van der Waals surface area contributed by atoms with Crippen LogP contribution in [-0.4, -0.2) is 13.1 Å². The van der Waals surface area contributed by atoms with Crippen molar-refractivity contribution < 1.29 is 9.53 Å². The number of rotatable bonds is 9. The van der Waals surface area contributed by atoms with E-state index < -0.39 is 0 Å². The van der Waals surface area contributed by atoms with Crippen molar-refractivity contribution in [1.82, 2.24) is 0 Å². The number of methoxy groups -OCH3 is 1. The molecule has 0 amide bonds. The highest BCUT2D eigenvalue weighted by atomic mass is 16.5. The Morgan fingerprint density at radius 2 is 0.689 bits per heavy atom. The number of carbonyl (C=O) groups excluding carboxylic acids is 1. The van der Waals surface area contributed by atoms with Gasteiger partial charge in [0.15, 0.2) is 0 Å². The van der Waals surface area contributed by atoms with Crippen molar-refractivity contribution in [2.75, 3.05) is 7.11 Å². The SMILES string of the molecule is COC(=O)c1ccc(/C=C/c2cc(/C=C/c3ccc(C)cc3)c(/C=C/c3ccc(C)cc3)cc2/C=C/c2ccc(C)cc2)cc1. The molecule has 2 heteroatoms. The van der Waals surface area contributed by atoms with Gasteiger partial charge in [-0.25, -0.2) is 4.79 Å². The molecule has 0 saturated heterocycles. The first-order valence-electron chi connectivity index (χ1n) is 15.1. The summed E-state index contributed by atoms with van der Waals surface area (Å²) in [6.07, 6.45) is 17.3. The molecule has 0 fully saturated rings. The van der Waals surface area contributed by atoms with Crippen LogP contribution in [0.2, 0.25) is 0 Å². The van der Waals surface area contributed by atoms with Crippen molar-refractivity contribution in [1.29, 1.82) is 0 Å². The van der Waals surface area contributed by atoms with Crippen molar-refractivity contribution in [3.8, 4) is 0 Å². The minimum Gasteiger partial charge on any atom is -0.465 e. The third kappa shape index (κ3) is 8.78. The summed E-state index contributed by atoms with van der Waals surface area (Å²) in [6, 6.07) is 37.6. The average Bonchev–Trinajstić information content (AvgIpc) is 3.07. The van der Waals surface area contributed by atoms with Crippen LogP contribution < -0.4 is 0 Å². The predicted octanol–water partition coefficient (Wildman–Crippen LogP) is 11.1. The Bertz CT molecular complexity index is 1860. The van der Waals surface area contributed by atoms with E-state index in [2.05, 4.69) is 154 Å². The Morgan fingerprint density at radius 3 is 0.956 bits per heavy atom. The molecule has 0 aliphatic heterocycles. The molecule has 0 heterocycles. The maximum Gasteiger partial charge on any atom is 0.337 e. The van der Waals surface area contributed by atoms with E-state index in [0.717, 1.165) is 44.5 Å². The van der Waals surface area contributed by atoms with Crippen LogP contribution in [0.25, 0.3) is 48.6 Å². The molecule has 5 aromatic carbocycles. The molecule has 0 aromatic heterocycles. The third-order valence-corrected chi connectivity index (χ3v) is 7.67. The molecule has 0 radical (unpaired) electrons. The molecule has 0 atom stereocenters. The minimum absolute atomic E-state index is 0.339. The molecule has 0 bridgehead atoms. The van der Waals surface area contributed by atoms with E-state index in [-0.39, 0.29) is 5.97 Å². The van der Waals surface area contributed by atoms with Gasteiger partial charge in [0.1, 0.15) is 0 Å². The van der Waals surface area contributed by atoms with Gasteiger partial charge in [-0.15, -0.1) is 0 Å². The summed E-state index contributed by atoms with van der Waals surface area (Å²) < 4.78 is 4.85. The quantitative estimate of drug-likeness (QED) is 0.127. The molecule has 5 rings (SSSR count). The Balaban J connectivity index is 1.59. The maximum atomic E-state index is 11.9. The highest BCUT2D eigenvalue weighted by Crippen LogP contribution is 2.26. The van der Waals surface area contributed by atoms with Gasteiger partial charge in [0.2, 0.25) is 0 Å². The normalized spacial score (nSPS) is 11.7. The summed E-state index contributed by atoms with van der Waals surface area (Å²) in [5.74, 6) is -0.339. The fraction of sp³-hybridized carbons (Fsp3) is 0.0930. The highest BCUT2D eigenvalue weighted by molar-refractivity contribution is 5.90. The zero-order chi connectivity index (χ0) is 31.6. The van der Waals surface area contributed by atoms with E-state index in [1.807, 2.05) is 12.1 Å². The molecular weight excluding hydrogens is 548 g/mol. The molecule has 0 aliphatic rings. The fourth-order valence-corrected chi connectivity index (χ4v) is 4.87. The Hall–Kier alpha value is -5.47. The van der Waals surface area contributed by atoms with Crippen LogP contribution in [0.4, 0.5) is 0 Å². The van der Waals surface area contributed by atoms with Crippen molar-refractivity contribution in [3.05, 3.63) is 176 Å². The second-order valence-corrected chi connectivity index (χ2v) is 11.3. The van der Waals surface area contributed by atoms with E-state index in [1.54, 1.807) is 12.1 Å². The summed E-state index contributed by atoms with van der Waals surface area (Å²) in [4.78, 5) is 11.9. The number of hydrogen-bond donors (Lipinski definition) is 0. The molecule has 0 unspecified atom stereocenters. The lowest BCUT2D eigenvalue weighted by Crippen LogP contribution is -2.00. The van der Waals surface area contributed by atoms with Gasteiger partial charge in [0, 0.05) is 0 Å². The van der Waals surface area contributed by atoms with Crippen LogP contribution in [0.5, 0.6) is 0 Å². The van der Waals surface area contributed by atoms with Crippen LogP contribution in [0.1, 0.15) is 71.6 Å². The topological polar surface area (TPSA) is 26.3 Å². The van der Waals surface area contributed by atoms with E-state index >= 15 is 0 Å².